The van der Waals surface area contributed by atoms with E-state index in [1.165, 1.54) is 11.4 Å². The number of halogens is 1. The van der Waals surface area contributed by atoms with Crippen LogP contribution < -0.4 is 0 Å². The van der Waals surface area contributed by atoms with Gasteiger partial charge in [-0.3, -0.25) is 9.78 Å². The van der Waals surface area contributed by atoms with Crippen LogP contribution in [0.15, 0.2) is 88.5 Å². The molecule has 0 aliphatic carbocycles. The summed E-state index contributed by atoms with van der Waals surface area (Å²) in [7, 11) is -2.47. The third-order valence-electron chi connectivity index (χ3n) is 6.61. The first-order valence-corrected chi connectivity index (χ1v) is 14.1. The summed E-state index contributed by atoms with van der Waals surface area (Å²) in [6.45, 7) is 0.695. The van der Waals surface area contributed by atoms with Crippen molar-refractivity contribution in [2.45, 2.75) is 4.90 Å². The van der Waals surface area contributed by atoms with Gasteiger partial charge in [-0.25, -0.2) is 13.2 Å². The fraction of sp³-hybridized carbons (Fsp3) is 0.179. The Balaban J connectivity index is 1.34. The molecule has 0 bridgehead atoms. The minimum atomic E-state index is -3.73. The smallest absolute Gasteiger partial charge is 0.338 e. The lowest BCUT2D eigenvalue weighted by molar-refractivity contribution is 0.0585. The number of carbonyl (C=O) groups excluding carboxylic acids is 2. The number of hydrogen-bond acceptors (Lipinski definition) is 6. The molecule has 1 aliphatic rings. The van der Waals surface area contributed by atoms with E-state index in [1.54, 1.807) is 53.7 Å². The molecule has 10 heteroatoms. The standard InChI is InChI=1S/C28H24BrN3O5S/c1-37-28(34)26-18-22(19-8-10-30-11-9-19)4-7-25(26)27(33)31-12-14-32(15-13-31)38(35,36)24-6-3-20-16-23(29)5-2-21(20)17-24/h2-11,16-18H,12-15H2,1H3. The lowest BCUT2D eigenvalue weighted by atomic mass is 9.98. The molecule has 1 fully saturated rings. The second-order valence-corrected chi connectivity index (χ2v) is 11.7. The van der Waals surface area contributed by atoms with Crippen molar-refractivity contribution in [3.05, 3.63) is 94.7 Å². The number of methoxy groups -OCH3 is 1. The van der Waals surface area contributed by atoms with Crippen LogP contribution in [0.1, 0.15) is 20.7 Å². The van der Waals surface area contributed by atoms with Gasteiger partial charge in [0.15, 0.2) is 0 Å². The maximum Gasteiger partial charge on any atom is 0.338 e. The predicted octanol–water partition coefficient (Wildman–Crippen LogP) is 4.60. The van der Waals surface area contributed by atoms with Gasteiger partial charge in [-0.15, -0.1) is 0 Å². The van der Waals surface area contributed by atoms with Gasteiger partial charge in [0.05, 0.1) is 23.1 Å². The number of ether oxygens (including phenoxy) is 1. The number of fused-ring (bicyclic) bond motifs is 1. The van der Waals surface area contributed by atoms with Crippen molar-refractivity contribution in [1.82, 2.24) is 14.2 Å². The largest absolute Gasteiger partial charge is 0.465 e. The second kappa shape index (κ2) is 10.6. The van der Waals surface area contributed by atoms with Gasteiger partial charge in [-0.1, -0.05) is 34.1 Å². The summed E-state index contributed by atoms with van der Waals surface area (Å²) in [5, 5.41) is 1.76. The van der Waals surface area contributed by atoms with Gasteiger partial charge >= 0.3 is 5.97 Å². The van der Waals surface area contributed by atoms with Gasteiger partial charge in [0.25, 0.3) is 5.91 Å². The van der Waals surface area contributed by atoms with Gasteiger partial charge < -0.3 is 9.64 Å². The summed E-state index contributed by atoms with van der Waals surface area (Å²) in [5.41, 5.74) is 1.98. The van der Waals surface area contributed by atoms with Crippen molar-refractivity contribution in [2.75, 3.05) is 33.3 Å². The molecular formula is C28H24BrN3O5S. The van der Waals surface area contributed by atoms with E-state index in [2.05, 4.69) is 20.9 Å². The maximum atomic E-state index is 13.4. The number of benzene rings is 3. The average Bonchev–Trinajstić information content (AvgIpc) is 2.96. The van der Waals surface area contributed by atoms with Crippen molar-refractivity contribution in [2.24, 2.45) is 0 Å². The van der Waals surface area contributed by atoms with E-state index >= 15 is 0 Å². The van der Waals surface area contributed by atoms with Crippen LogP contribution in [0.5, 0.6) is 0 Å². The third-order valence-corrected chi connectivity index (χ3v) is 8.99. The topological polar surface area (TPSA) is 96.9 Å². The summed E-state index contributed by atoms with van der Waals surface area (Å²) in [6.07, 6.45) is 3.30. The summed E-state index contributed by atoms with van der Waals surface area (Å²) < 4.78 is 33.9. The van der Waals surface area contributed by atoms with E-state index in [4.69, 9.17) is 4.74 Å². The fourth-order valence-corrected chi connectivity index (χ4v) is 6.38. The number of rotatable bonds is 5. The van der Waals surface area contributed by atoms with Crippen molar-refractivity contribution >= 4 is 48.6 Å². The van der Waals surface area contributed by atoms with Gasteiger partial charge in [0, 0.05) is 43.0 Å². The Labute approximate surface area is 229 Å². The normalized spacial score (nSPS) is 14.4. The summed E-state index contributed by atoms with van der Waals surface area (Å²) in [5.74, 6) is -0.964. The lowest BCUT2D eigenvalue weighted by Crippen LogP contribution is -2.50. The van der Waals surface area contributed by atoms with E-state index in [1.807, 2.05) is 30.3 Å². The highest BCUT2D eigenvalue weighted by molar-refractivity contribution is 9.10. The van der Waals surface area contributed by atoms with Crippen molar-refractivity contribution in [3.8, 4) is 11.1 Å². The van der Waals surface area contributed by atoms with E-state index in [0.717, 1.165) is 26.4 Å². The molecule has 3 aromatic carbocycles. The minimum Gasteiger partial charge on any atom is -0.465 e. The molecule has 194 valence electrons. The van der Waals surface area contributed by atoms with Crippen molar-refractivity contribution in [3.63, 3.8) is 0 Å². The number of sulfonamides is 1. The van der Waals surface area contributed by atoms with Gasteiger partial charge in [0.1, 0.15) is 0 Å². The molecule has 2 heterocycles. The number of nitrogens with zero attached hydrogens (tertiary/aromatic N) is 3. The first-order valence-electron chi connectivity index (χ1n) is 11.9. The molecule has 5 rings (SSSR count). The molecule has 1 saturated heterocycles. The summed E-state index contributed by atoms with van der Waals surface area (Å²) >= 11 is 3.43. The first kappa shape index (κ1) is 26.0. The number of carbonyl (C=O) groups is 2. The molecule has 1 aromatic heterocycles. The molecule has 0 spiro atoms. The number of piperazine rings is 1. The monoisotopic (exact) mass is 593 g/mol. The minimum absolute atomic E-state index is 0.148. The average molecular weight is 594 g/mol. The zero-order chi connectivity index (χ0) is 26.9. The summed E-state index contributed by atoms with van der Waals surface area (Å²) in [4.78, 5) is 31.8. The molecule has 0 radical (unpaired) electrons. The van der Waals surface area contributed by atoms with E-state index in [0.29, 0.717) is 0 Å². The number of esters is 1. The van der Waals surface area contributed by atoms with Crippen LogP contribution in [-0.2, 0) is 14.8 Å². The quantitative estimate of drug-likeness (QED) is 0.314. The van der Waals surface area contributed by atoms with Crippen LogP contribution in [0.4, 0.5) is 0 Å². The third kappa shape index (κ3) is 5.07. The van der Waals surface area contributed by atoms with Crippen molar-refractivity contribution < 1.29 is 22.7 Å². The van der Waals surface area contributed by atoms with Crippen LogP contribution >= 0.6 is 15.9 Å². The van der Waals surface area contributed by atoms with Gasteiger partial charge in [-0.2, -0.15) is 4.31 Å². The van der Waals surface area contributed by atoms with E-state index in [9.17, 15) is 18.0 Å². The van der Waals surface area contributed by atoms with Crippen LogP contribution in [-0.4, -0.2) is 67.8 Å². The fourth-order valence-electron chi connectivity index (χ4n) is 4.54. The molecular weight excluding hydrogens is 570 g/mol. The van der Waals surface area contributed by atoms with Gasteiger partial charge in [-0.05, 0) is 70.4 Å². The zero-order valence-corrected chi connectivity index (χ0v) is 22.9. The molecule has 8 nitrogen and oxygen atoms in total. The Morgan fingerprint density at radius 2 is 1.50 bits per heavy atom. The molecule has 1 amide bonds. The SMILES string of the molecule is COC(=O)c1cc(-c2ccncc2)ccc1C(=O)N1CCN(S(=O)(=O)c2ccc3cc(Br)ccc3c2)CC1. The highest BCUT2D eigenvalue weighted by atomic mass is 79.9. The van der Waals surface area contributed by atoms with Crippen LogP contribution in [0.3, 0.4) is 0 Å². The second-order valence-electron chi connectivity index (χ2n) is 8.84. The van der Waals surface area contributed by atoms with Crippen LogP contribution in [0.2, 0.25) is 0 Å². The molecule has 38 heavy (non-hydrogen) atoms. The molecule has 0 N–H and O–H groups in total. The van der Waals surface area contributed by atoms with E-state index in [-0.39, 0.29) is 48.1 Å². The number of hydrogen-bond donors (Lipinski definition) is 0. The van der Waals surface area contributed by atoms with Crippen LogP contribution in [0, 0.1) is 0 Å². The molecule has 1 aliphatic heterocycles. The first-order chi connectivity index (χ1) is 18.3. The Morgan fingerprint density at radius 1 is 0.816 bits per heavy atom. The molecule has 0 atom stereocenters. The van der Waals surface area contributed by atoms with E-state index < -0.39 is 16.0 Å². The van der Waals surface area contributed by atoms with Crippen LogP contribution in [0.25, 0.3) is 21.9 Å². The highest BCUT2D eigenvalue weighted by Crippen LogP contribution is 2.27. The zero-order valence-electron chi connectivity index (χ0n) is 20.5. The van der Waals surface area contributed by atoms with Gasteiger partial charge in [0.2, 0.25) is 10.0 Å². The molecule has 0 unspecified atom stereocenters. The Kier molecular flexibility index (Phi) is 7.29. The molecule has 4 aromatic rings. The molecule has 0 saturated carbocycles. The Hall–Kier alpha value is -3.60. The number of aromatic nitrogens is 1. The number of amides is 1. The number of pyridine rings is 1. The lowest BCUT2D eigenvalue weighted by Gasteiger charge is -2.34. The Bertz CT molecular complexity index is 1640. The maximum absolute atomic E-state index is 13.4. The predicted molar refractivity (Wildman–Crippen MR) is 147 cm³/mol. The highest BCUT2D eigenvalue weighted by Gasteiger charge is 2.32. The summed E-state index contributed by atoms with van der Waals surface area (Å²) in [6, 6.07) is 19.4. The van der Waals surface area contributed by atoms with Crippen molar-refractivity contribution in [1.29, 1.82) is 0 Å². The Morgan fingerprint density at radius 3 is 2.21 bits per heavy atom.